The van der Waals surface area contributed by atoms with Crippen molar-refractivity contribution >= 4 is 17.8 Å². The van der Waals surface area contributed by atoms with Gasteiger partial charge in [-0.25, -0.2) is 0 Å². The van der Waals surface area contributed by atoms with Gasteiger partial charge >= 0.3 is 11.9 Å². The van der Waals surface area contributed by atoms with Crippen LogP contribution >= 0.6 is 0 Å². The summed E-state index contributed by atoms with van der Waals surface area (Å²) in [5.41, 5.74) is 6.43. The van der Waals surface area contributed by atoms with Crippen molar-refractivity contribution in [3.05, 3.63) is 35.9 Å². The molecule has 0 radical (unpaired) electrons. The van der Waals surface area contributed by atoms with Gasteiger partial charge in [0, 0.05) is 0 Å². The molecule has 0 aliphatic rings. The van der Waals surface area contributed by atoms with E-state index in [1.807, 2.05) is 30.3 Å². The summed E-state index contributed by atoms with van der Waals surface area (Å²) < 4.78 is 9.68. The molecule has 0 aliphatic heterocycles. The predicted molar refractivity (Wildman–Crippen MR) is 78.5 cm³/mol. The lowest BCUT2D eigenvalue weighted by Gasteiger charge is -2.11. The van der Waals surface area contributed by atoms with Crippen LogP contribution in [0.25, 0.3) is 0 Å². The van der Waals surface area contributed by atoms with Gasteiger partial charge in [-0.05, 0) is 12.5 Å². The number of nitrogens with one attached hydrogen (secondary N) is 1. The van der Waals surface area contributed by atoms with E-state index in [-0.39, 0.29) is 26.2 Å². The minimum absolute atomic E-state index is 0.122. The fourth-order valence-corrected chi connectivity index (χ4v) is 1.57. The van der Waals surface area contributed by atoms with Gasteiger partial charge in [0.25, 0.3) is 0 Å². The molecule has 7 heteroatoms. The topological polar surface area (TPSA) is 108 Å². The average Bonchev–Trinajstić information content (AvgIpc) is 2.52. The smallest absolute Gasteiger partial charge is 0.325 e. The molecule has 7 nitrogen and oxygen atoms in total. The Hall–Kier alpha value is -2.41. The monoisotopic (exact) mass is 308 g/mol. The minimum Gasteiger partial charge on any atom is -0.465 e. The molecular formula is C15H20N2O5. The van der Waals surface area contributed by atoms with Crippen LogP contribution in [0.5, 0.6) is 0 Å². The first-order valence-corrected chi connectivity index (χ1v) is 6.91. The van der Waals surface area contributed by atoms with E-state index >= 15 is 0 Å². The molecule has 0 fully saturated rings. The van der Waals surface area contributed by atoms with Crippen molar-refractivity contribution in [1.82, 2.24) is 5.32 Å². The highest BCUT2D eigenvalue weighted by atomic mass is 16.5. The quantitative estimate of drug-likeness (QED) is 0.661. The first-order valence-electron chi connectivity index (χ1n) is 6.91. The molecule has 1 aromatic carbocycles. The highest BCUT2D eigenvalue weighted by Crippen LogP contribution is 2.02. The molecule has 0 bridgehead atoms. The zero-order valence-electron chi connectivity index (χ0n) is 12.4. The third-order valence-electron chi connectivity index (χ3n) is 2.68. The van der Waals surface area contributed by atoms with E-state index in [1.54, 1.807) is 6.92 Å². The molecule has 22 heavy (non-hydrogen) atoms. The van der Waals surface area contributed by atoms with Gasteiger partial charge in [-0.3, -0.25) is 14.4 Å². The first-order chi connectivity index (χ1) is 10.5. The number of carbonyl (C=O) groups excluding carboxylic acids is 3. The summed E-state index contributed by atoms with van der Waals surface area (Å²) in [7, 11) is 0. The Morgan fingerprint density at radius 3 is 2.45 bits per heavy atom. The Labute approximate surface area is 128 Å². The Kier molecular flexibility index (Phi) is 7.63. The molecule has 0 aromatic heterocycles. The summed E-state index contributed by atoms with van der Waals surface area (Å²) in [5.74, 6) is -1.75. The average molecular weight is 308 g/mol. The molecule has 120 valence electrons. The molecule has 0 saturated heterocycles. The maximum atomic E-state index is 11.6. The number of hydrogen-bond donors (Lipinski definition) is 2. The van der Waals surface area contributed by atoms with Gasteiger partial charge < -0.3 is 20.5 Å². The van der Waals surface area contributed by atoms with Crippen LogP contribution in [0.4, 0.5) is 0 Å². The minimum atomic E-state index is -1.07. The van der Waals surface area contributed by atoms with E-state index in [4.69, 9.17) is 10.5 Å². The Morgan fingerprint density at radius 2 is 1.82 bits per heavy atom. The maximum Gasteiger partial charge on any atom is 0.325 e. The van der Waals surface area contributed by atoms with Gasteiger partial charge in [-0.1, -0.05) is 30.3 Å². The Balaban J connectivity index is 2.28. The molecule has 0 aliphatic carbocycles. The van der Waals surface area contributed by atoms with Crippen molar-refractivity contribution in [1.29, 1.82) is 0 Å². The van der Waals surface area contributed by atoms with Crippen LogP contribution in [0.3, 0.4) is 0 Å². The molecule has 1 unspecified atom stereocenters. The number of benzene rings is 1. The zero-order chi connectivity index (χ0) is 16.4. The number of nitrogens with two attached hydrogens (primary N) is 1. The predicted octanol–water partition coefficient (Wildman–Crippen LogP) is 0.127. The summed E-state index contributed by atoms with van der Waals surface area (Å²) >= 11 is 0. The van der Waals surface area contributed by atoms with Crippen LogP contribution in [-0.2, 0) is 30.5 Å². The van der Waals surface area contributed by atoms with Crippen LogP contribution in [0.1, 0.15) is 18.9 Å². The molecule has 1 atom stereocenters. The van der Waals surface area contributed by atoms with Crippen LogP contribution in [-0.4, -0.2) is 37.0 Å². The highest BCUT2D eigenvalue weighted by molar-refractivity contribution is 5.88. The summed E-state index contributed by atoms with van der Waals surface area (Å²) in [6, 6.07) is 8.08. The van der Waals surface area contributed by atoms with Crippen molar-refractivity contribution in [3.63, 3.8) is 0 Å². The third kappa shape index (κ3) is 6.85. The summed E-state index contributed by atoms with van der Waals surface area (Å²) in [5, 5.41) is 2.30. The standard InChI is InChI=1S/C15H20N2O5/c1-2-21-14(19)9-17-15(20)12(16)8-13(18)22-10-11-6-4-3-5-7-11/h3-7,12H,2,8-10,16H2,1H3,(H,17,20). The zero-order valence-corrected chi connectivity index (χ0v) is 12.4. The Bertz CT molecular complexity index is 504. The van der Waals surface area contributed by atoms with Crippen molar-refractivity contribution in [2.75, 3.05) is 13.2 Å². The van der Waals surface area contributed by atoms with E-state index in [9.17, 15) is 14.4 Å². The number of esters is 2. The van der Waals surface area contributed by atoms with Crippen molar-refractivity contribution in [2.45, 2.75) is 26.0 Å². The van der Waals surface area contributed by atoms with Gasteiger partial charge in [0.15, 0.2) is 0 Å². The van der Waals surface area contributed by atoms with E-state index < -0.39 is 23.9 Å². The number of rotatable bonds is 8. The van der Waals surface area contributed by atoms with Gasteiger partial charge in [0.2, 0.25) is 5.91 Å². The Morgan fingerprint density at radius 1 is 1.14 bits per heavy atom. The van der Waals surface area contributed by atoms with Gasteiger partial charge in [0.05, 0.1) is 19.1 Å². The molecule has 0 heterocycles. The summed E-state index contributed by atoms with van der Waals surface area (Å²) in [6.07, 6.45) is -0.262. The van der Waals surface area contributed by atoms with E-state index in [2.05, 4.69) is 10.1 Å². The number of amides is 1. The van der Waals surface area contributed by atoms with Crippen LogP contribution < -0.4 is 11.1 Å². The van der Waals surface area contributed by atoms with Crippen LogP contribution in [0.2, 0.25) is 0 Å². The van der Waals surface area contributed by atoms with Crippen molar-refractivity contribution < 1.29 is 23.9 Å². The largest absolute Gasteiger partial charge is 0.465 e. The fourth-order valence-electron chi connectivity index (χ4n) is 1.57. The molecular weight excluding hydrogens is 288 g/mol. The molecule has 3 N–H and O–H groups in total. The third-order valence-corrected chi connectivity index (χ3v) is 2.68. The number of hydrogen-bond acceptors (Lipinski definition) is 6. The van der Waals surface area contributed by atoms with Crippen molar-refractivity contribution in [3.8, 4) is 0 Å². The second-order valence-corrected chi connectivity index (χ2v) is 4.48. The van der Waals surface area contributed by atoms with Gasteiger partial charge in [-0.2, -0.15) is 0 Å². The molecule has 1 aromatic rings. The summed E-state index contributed by atoms with van der Waals surface area (Å²) in [4.78, 5) is 34.3. The molecule has 1 rings (SSSR count). The van der Waals surface area contributed by atoms with E-state index in [0.717, 1.165) is 5.56 Å². The lowest BCUT2D eigenvalue weighted by molar-refractivity contribution is -0.147. The van der Waals surface area contributed by atoms with E-state index in [0.29, 0.717) is 0 Å². The lowest BCUT2D eigenvalue weighted by atomic mass is 10.2. The van der Waals surface area contributed by atoms with E-state index in [1.165, 1.54) is 0 Å². The molecule has 0 saturated carbocycles. The second-order valence-electron chi connectivity index (χ2n) is 4.48. The molecule has 0 spiro atoms. The highest BCUT2D eigenvalue weighted by Gasteiger charge is 2.19. The van der Waals surface area contributed by atoms with Crippen molar-refractivity contribution in [2.24, 2.45) is 5.73 Å². The first kappa shape index (κ1) is 17.6. The summed E-state index contributed by atoms with van der Waals surface area (Å²) in [6.45, 7) is 1.73. The number of carbonyl (C=O) groups is 3. The van der Waals surface area contributed by atoms with Gasteiger partial charge in [-0.15, -0.1) is 0 Å². The lowest BCUT2D eigenvalue weighted by Crippen LogP contribution is -2.44. The molecule has 1 amide bonds. The van der Waals surface area contributed by atoms with Crippen LogP contribution in [0.15, 0.2) is 30.3 Å². The SMILES string of the molecule is CCOC(=O)CNC(=O)C(N)CC(=O)OCc1ccccc1. The second kappa shape index (κ2) is 9.51. The fraction of sp³-hybridized carbons (Fsp3) is 0.400. The normalized spacial score (nSPS) is 11.4. The van der Waals surface area contributed by atoms with Gasteiger partial charge in [0.1, 0.15) is 13.2 Å². The number of ether oxygens (including phenoxy) is 2. The van der Waals surface area contributed by atoms with Crippen LogP contribution in [0, 0.1) is 0 Å². The maximum absolute atomic E-state index is 11.6.